The summed E-state index contributed by atoms with van der Waals surface area (Å²) in [5, 5.41) is 18.1. The zero-order valence-electron chi connectivity index (χ0n) is 21.0. The molecule has 35 heavy (non-hydrogen) atoms. The summed E-state index contributed by atoms with van der Waals surface area (Å²) in [4.78, 5) is 17.9. The third-order valence-corrected chi connectivity index (χ3v) is 7.72. The van der Waals surface area contributed by atoms with E-state index in [0.717, 1.165) is 30.8 Å². The van der Waals surface area contributed by atoms with E-state index in [-0.39, 0.29) is 5.92 Å². The second-order valence-electron chi connectivity index (χ2n) is 10.2. The van der Waals surface area contributed by atoms with Crippen LogP contribution in [0.15, 0.2) is 22.7 Å². The van der Waals surface area contributed by atoms with Crippen LogP contribution in [0.25, 0.3) is 23.0 Å². The Hall–Kier alpha value is -3.00. The highest BCUT2D eigenvalue weighted by molar-refractivity contribution is 5.71. The largest absolute Gasteiger partial charge is 0.481 e. The summed E-state index contributed by atoms with van der Waals surface area (Å²) in [7, 11) is 0. The van der Waals surface area contributed by atoms with Crippen LogP contribution < -0.4 is 0 Å². The van der Waals surface area contributed by atoms with Gasteiger partial charge in [-0.3, -0.25) is 9.48 Å². The van der Waals surface area contributed by atoms with Gasteiger partial charge < -0.3 is 14.5 Å². The van der Waals surface area contributed by atoms with Crippen molar-refractivity contribution >= 4 is 5.97 Å². The minimum atomic E-state index is -0.691. The van der Waals surface area contributed by atoms with Gasteiger partial charge in [-0.15, -0.1) is 0 Å². The topological polar surface area (TPSA) is 97.3 Å². The van der Waals surface area contributed by atoms with Gasteiger partial charge in [-0.1, -0.05) is 24.4 Å². The van der Waals surface area contributed by atoms with Crippen molar-refractivity contribution in [3.05, 3.63) is 40.6 Å². The molecule has 0 amide bonds. The van der Waals surface area contributed by atoms with Crippen LogP contribution in [-0.2, 0) is 17.8 Å². The molecule has 0 radical (unpaired) electrons. The third-order valence-electron chi connectivity index (χ3n) is 7.72. The molecule has 1 saturated carbocycles. The van der Waals surface area contributed by atoms with Gasteiger partial charge in [0.25, 0.3) is 5.89 Å². The summed E-state index contributed by atoms with van der Waals surface area (Å²) >= 11 is 0. The number of rotatable bonds is 8. The minimum absolute atomic E-state index is 0.213. The number of benzene rings is 1. The maximum absolute atomic E-state index is 11.0. The molecule has 1 N–H and O–H groups in total. The fraction of sp³-hybridized carbons (Fsp3) is 0.556. The molecule has 1 aliphatic carbocycles. The number of nitrogens with zero attached hydrogens (tertiary/aromatic N) is 5. The van der Waals surface area contributed by atoms with Gasteiger partial charge in [-0.05, 0) is 74.9 Å². The number of carbonyl (C=O) groups is 1. The summed E-state index contributed by atoms with van der Waals surface area (Å²) in [5.41, 5.74) is 6.67. The van der Waals surface area contributed by atoms with Gasteiger partial charge in [0.15, 0.2) is 5.69 Å². The molecule has 0 unspecified atom stereocenters. The number of hydrogen-bond donors (Lipinski definition) is 1. The Morgan fingerprint density at radius 1 is 1.11 bits per heavy atom. The van der Waals surface area contributed by atoms with E-state index < -0.39 is 5.97 Å². The molecule has 1 aliphatic heterocycles. The molecular formula is C27H35N5O3. The number of aliphatic carboxylic acids is 1. The van der Waals surface area contributed by atoms with Gasteiger partial charge in [0.1, 0.15) is 0 Å². The van der Waals surface area contributed by atoms with Crippen molar-refractivity contribution in [3.63, 3.8) is 0 Å². The molecule has 2 fully saturated rings. The number of carboxylic acid groups (broad SMARTS) is 1. The van der Waals surface area contributed by atoms with E-state index >= 15 is 0 Å². The lowest BCUT2D eigenvalue weighted by Gasteiger charge is -2.36. The summed E-state index contributed by atoms with van der Waals surface area (Å²) in [5.74, 6) is 0.708. The Labute approximate surface area is 206 Å². The van der Waals surface area contributed by atoms with Gasteiger partial charge in [-0.25, -0.2) is 0 Å². The van der Waals surface area contributed by atoms with E-state index in [9.17, 15) is 4.79 Å². The molecule has 3 aromatic rings. The molecule has 0 spiro atoms. The standard InChI is InChI=1S/C27H35N5O3/c1-4-32-24(19-8-6-5-7-9-19)14-23(29-32)26-28-25(30-35-26)20-12-17(2)22(18(3)13-20)10-11-31-15-21(16-31)27(33)34/h12-14,19,21H,4-11,15-16H2,1-3H3,(H,33,34). The van der Waals surface area contributed by atoms with E-state index in [2.05, 4.69) is 53.7 Å². The van der Waals surface area contributed by atoms with Gasteiger partial charge in [-0.2, -0.15) is 10.1 Å². The van der Waals surface area contributed by atoms with E-state index in [4.69, 9.17) is 19.7 Å². The van der Waals surface area contributed by atoms with Crippen LogP contribution in [0.3, 0.4) is 0 Å². The van der Waals surface area contributed by atoms with E-state index in [0.29, 0.717) is 30.7 Å². The zero-order chi connectivity index (χ0) is 24.5. The average molecular weight is 478 g/mol. The van der Waals surface area contributed by atoms with Crippen molar-refractivity contribution in [2.45, 2.75) is 71.8 Å². The average Bonchev–Trinajstić information content (AvgIpc) is 3.47. The predicted octanol–water partition coefficient (Wildman–Crippen LogP) is 4.84. The molecule has 1 aromatic carbocycles. The lowest BCUT2D eigenvalue weighted by Crippen LogP contribution is -2.50. The smallest absolute Gasteiger partial charge is 0.309 e. The van der Waals surface area contributed by atoms with Crippen LogP contribution in [-0.4, -0.2) is 55.5 Å². The fourth-order valence-electron chi connectivity index (χ4n) is 5.66. The molecule has 8 nitrogen and oxygen atoms in total. The fourth-order valence-corrected chi connectivity index (χ4v) is 5.66. The number of aromatic nitrogens is 4. The summed E-state index contributed by atoms with van der Waals surface area (Å²) in [6, 6.07) is 6.37. The first-order chi connectivity index (χ1) is 16.9. The van der Waals surface area contributed by atoms with Crippen molar-refractivity contribution in [3.8, 4) is 23.0 Å². The second kappa shape index (κ2) is 9.93. The lowest BCUT2D eigenvalue weighted by molar-refractivity contribution is -0.147. The minimum Gasteiger partial charge on any atom is -0.481 e. The first-order valence-electron chi connectivity index (χ1n) is 12.9. The van der Waals surface area contributed by atoms with Crippen LogP contribution in [0.2, 0.25) is 0 Å². The van der Waals surface area contributed by atoms with Crippen molar-refractivity contribution in [1.29, 1.82) is 0 Å². The van der Waals surface area contributed by atoms with Crippen LogP contribution in [0.4, 0.5) is 0 Å². The zero-order valence-corrected chi connectivity index (χ0v) is 21.0. The Morgan fingerprint density at radius 2 is 1.83 bits per heavy atom. The Kier molecular flexibility index (Phi) is 6.73. The molecular weight excluding hydrogens is 442 g/mol. The third kappa shape index (κ3) is 4.89. The summed E-state index contributed by atoms with van der Waals surface area (Å²) < 4.78 is 7.75. The van der Waals surface area contributed by atoms with Gasteiger partial charge in [0, 0.05) is 43.4 Å². The maximum Gasteiger partial charge on any atom is 0.309 e. The van der Waals surface area contributed by atoms with E-state index in [1.54, 1.807) is 0 Å². The number of hydrogen-bond acceptors (Lipinski definition) is 6. The molecule has 1 saturated heterocycles. The summed E-state index contributed by atoms with van der Waals surface area (Å²) in [6.45, 7) is 9.36. The molecule has 186 valence electrons. The van der Waals surface area contributed by atoms with Crippen molar-refractivity contribution in [2.24, 2.45) is 5.92 Å². The Morgan fingerprint density at radius 3 is 2.49 bits per heavy atom. The van der Waals surface area contributed by atoms with Crippen LogP contribution >= 0.6 is 0 Å². The summed E-state index contributed by atoms with van der Waals surface area (Å²) in [6.07, 6.45) is 7.26. The number of aryl methyl sites for hydroxylation is 3. The highest BCUT2D eigenvalue weighted by Crippen LogP contribution is 2.35. The molecule has 5 rings (SSSR count). The molecule has 3 heterocycles. The molecule has 0 bridgehead atoms. The monoisotopic (exact) mass is 477 g/mol. The Bertz CT molecular complexity index is 1180. The quantitative estimate of drug-likeness (QED) is 0.496. The first kappa shape index (κ1) is 23.7. The molecule has 2 aromatic heterocycles. The predicted molar refractivity (Wildman–Crippen MR) is 133 cm³/mol. The van der Waals surface area contributed by atoms with E-state index in [1.165, 1.54) is 54.5 Å². The highest BCUT2D eigenvalue weighted by atomic mass is 16.5. The van der Waals surface area contributed by atoms with Gasteiger partial charge in [0.05, 0.1) is 5.92 Å². The van der Waals surface area contributed by atoms with Crippen LogP contribution in [0, 0.1) is 19.8 Å². The maximum atomic E-state index is 11.0. The van der Waals surface area contributed by atoms with Gasteiger partial charge in [0.2, 0.25) is 5.82 Å². The van der Waals surface area contributed by atoms with Crippen LogP contribution in [0.1, 0.15) is 67.3 Å². The van der Waals surface area contributed by atoms with Gasteiger partial charge >= 0.3 is 5.97 Å². The molecule has 2 aliphatic rings. The number of carboxylic acids is 1. The Balaban J connectivity index is 1.30. The van der Waals surface area contributed by atoms with E-state index in [1.807, 2.05) is 0 Å². The lowest BCUT2D eigenvalue weighted by atomic mass is 9.87. The van der Waals surface area contributed by atoms with Crippen molar-refractivity contribution < 1.29 is 14.4 Å². The first-order valence-corrected chi connectivity index (χ1v) is 12.9. The SMILES string of the molecule is CCn1nc(-c2nc(-c3cc(C)c(CCN4CC(C(=O)O)C4)c(C)c3)no2)cc1C1CCCCC1. The number of likely N-dealkylation sites (tertiary alicyclic amines) is 1. The normalized spacial score (nSPS) is 17.6. The van der Waals surface area contributed by atoms with Crippen LogP contribution in [0.5, 0.6) is 0 Å². The van der Waals surface area contributed by atoms with Crippen molar-refractivity contribution in [2.75, 3.05) is 19.6 Å². The second-order valence-corrected chi connectivity index (χ2v) is 10.2. The molecule has 0 atom stereocenters. The van der Waals surface area contributed by atoms with Crippen molar-refractivity contribution in [1.82, 2.24) is 24.8 Å². The highest BCUT2D eigenvalue weighted by Gasteiger charge is 2.32. The molecule has 8 heteroatoms.